The van der Waals surface area contributed by atoms with Crippen LogP contribution < -0.4 is 32.4 Å². The molecule has 0 aliphatic carbocycles. The first-order valence-corrected chi connectivity index (χ1v) is 15.4. The van der Waals surface area contributed by atoms with Crippen LogP contribution in [0.1, 0.15) is 49.5 Å². The van der Waals surface area contributed by atoms with E-state index in [4.69, 9.17) is 21.5 Å². The van der Waals surface area contributed by atoms with E-state index in [1.165, 1.54) is 17.3 Å². The number of benzene rings is 3. The van der Waals surface area contributed by atoms with Gasteiger partial charge in [-0.2, -0.15) is 0 Å². The summed E-state index contributed by atoms with van der Waals surface area (Å²) in [5, 5.41) is 16.6. The molecule has 0 radical (unpaired) electrons. The summed E-state index contributed by atoms with van der Waals surface area (Å²) in [4.78, 5) is 63.0. The Balaban J connectivity index is 0.993. The number of carbonyl (C=O) groups is 5. The number of piperidine rings is 1. The third kappa shape index (κ3) is 6.93. The monoisotopic (exact) mass is 666 g/mol. The molecule has 3 aromatic carbocycles. The smallest absolute Gasteiger partial charge is 0.274 e. The number of nitrogens with zero attached hydrogens (tertiary/aromatic N) is 3. The van der Waals surface area contributed by atoms with Crippen LogP contribution in [0.15, 0.2) is 84.8 Å². The van der Waals surface area contributed by atoms with Crippen molar-refractivity contribution in [3.63, 3.8) is 0 Å². The van der Waals surface area contributed by atoms with E-state index in [0.29, 0.717) is 35.8 Å². The molecule has 1 saturated heterocycles. The zero-order valence-corrected chi connectivity index (χ0v) is 26.2. The SMILES string of the molecule is N/C(=C\N(N)CCOc1ccc(Cn2ccc3ccc(C(=O)NO)cc32)cc1)CNc1cccc2c1C(=O)N(C1CCC(=O)NC1=O)C2=O. The zero-order valence-electron chi connectivity index (χ0n) is 26.2. The van der Waals surface area contributed by atoms with Crippen LogP contribution in [0, 0.1) is 0 Å². The van der Waals surface area contributed by atoms with Crippen LogP contribution in [0.2, 0.25) is 0 Å². The highest BCUT2D eigenvalue weighted by Crippen LogP contribution is 2.32. The second-order valence-electron chi connectivity index (χ2n) is 11.6. The number of amides is 5. The number of rotatable bonds is 12. The Morgan fingerprint density at radius 3 is 2.61 bits per heavy atom. The van der Waals surface area contributed by atoms with Gasteiger partial charge in [-0.15, -0.1) is 0 Å². The Morgan fingerprint density at radius 2 is 1.86 bits per heavy atom. The van der Waals surface area contributed by atoms with Gasteiger partial charge in [0.05, 0.1) is 24.2 Å². The lowest BCUT2D eigenvalue weighted by atomic mass is 10.0. The van der Waals surface area contributed by atoms with Crippen molar-refractivity contribution in [2.24, 2.45) is 11.6 Å². The standard InChI is InChI=1S/C34H34N8O7/c35-23(17-37-26-3-1-2-25-30(26)34(47)42(33(25)46)27-10-11-29(43)38-32(27)45)19-41(36)14-15-49-24-8-4-20(5-9-24)18-40-13-12-21-6-7-22(16-28(21)40)31(44)39-48/h1-9,12-13,16,19,27,37,48H,10-11,14-15,17-18,35-36H2,(H,39,44)(H,38,43,45)/b23-19-. The van der Waals surface area contributed by atoms with E-state index in [1.54, 1.807) is 29.7 Å². The number of imide groups is 2. The Labute approximate surface area is 280 Å². The molecule has 0 bridgehead atoms. The quantitative estimate of drug-likeness (QED) is 0.0554. The number of aromatic nitrogens is 1. The number of hydrogen-bond donors (Lipinski definition) is 6. The van der Waals surface area contributed by atoms with Gasteiger partial charge in [-0.25, -0.2) is 11.3 Å². The number of hydrazine groups is 1. The molecule has 5 amide bonds. The highest BCUT2D eigenvalue weighted by molar-refractivity contribution is 6.25. The normalized spacial score (nSPS) is 16.1. The fourth-order valence-electron chi connectivity index (χ4n) is 5.87. The molecule has 2 aliphatic rings. The van der Waals surface area contributed by atoms with Gasteiger partial charge < -0.3 is 25.4 Å². The molecule has 8 N–H and O–H groups in total. The van der Waals surface area contributed by atoms with Gasteiger partial charge in [0.1, 0.15) is 18.4 Å². The van der Waals surface area contributed by atoms with Crippen molar-refractivity contribution in [2.75, 3.05) is 25.0 Å². The minimum atomic E-state index is -1.06. The average molecular weight is 667 g/mol. The lowest BCUT2D eigenvalue weighted by Crippen LogP contribution is -2.54. The summed E-state index contributed by atoms with van der Waals surface area (Å²) in [7, 11) is 0. The van der Waals surface area contributed by atoms with Crippen LogP contribution in [0.3, 0.4) is 0 Å². The Kier molecular flexibility index (Phi) is 9.28. The molecule has 0 spiro atoms. The van der Waals surface area contributed by atoms with Crippen molar-refractivity contribution in [1.82, 2.24) is 25.3 Å². The van der Waals surface area contributed by atoms with E-state index in [9.17, 15) is 24.0 Å². The van der Waals surface area contributed by atoms with Gasteiger partial charge in [0, 0.05) is 47.8 Å². The van der Waals surface area contributed by atoms with Gasteiger partial charge in [0.15, 0.2) is 0 Å². The average Bonchev–Trinajstić information content (AvgIpc) is 3.61. The fourth-order valence-corrected chi connectivity index (χ4v) is 5.87. The van der Waals surface area contributed by atoms with Crippen molar-refractivity contribution in [1.29, 1.82) is 0 Å². The lowest BCUT2D eigenvalue weighted by Gasteiger charge is -2.27. The van der Waals surface area contributed by atoms with Crippen molar-refractivity contribution in [2.45, 2.75) is 25.4 Å². The van der Waals surface area contributed by atoms with E-state index in [0.717, 1.165) is 21.4 Å². The topological polar surface area (TPSA) is 214 Å². The summed E-state index contributed by atoms with van der Waals surface area (Å²) >= 11 is 0. The van der Waals surface area contributed by atoms with Crippen molar-refractivity contribution < 1.29 is 33.9 Å². The van der Waals surface area contributed by atoms with Crippen LogP contribution in [-0.4, -0.2) is 75.0 Å². The molecule has 4 aromatic rings. The third-order valence-corrected chi connectivity index (χ3v) is 8.31. The first kappa shape index (κ1) is 32.7. The summed E-state index contributed by atoms with van der Waals surface area (Å²) in [5.74, 6) is 3.86. The second kappa shape index (κ2) is 13.9. The number of nitrogens with two attached hydrogens (primary N) is 2. The van der Waals surface area contributed by atoms with Crippen LogP contribution in [0.4, 0.5) is 5.69 Å². The molecule has 49 heavy (non-hydrogen) atoms. The number of nitrogens with one attached hydrogen (secondary N) is 3. The van der Waals surface area contributed by atoms with Crippen molar-refractivity contribution >= 4 is 46.1 Å². The van der Waals surface area contributed by atoms with Gasteiger partial charge in [0.2, 0.25) is 11.8 Å². The predicted molar refractivity (Wildman–Crippen MR) is 177 cm³/mol. The van der Waals surface area contributed by atoms with Gasteiger partial charge in [0.25, 0.3) is 17.7 Å². The summed E-state index contributed by atoms with van der Waals surface area (Å²) in [6, 6.07) is 18.5. The molecule has 1 atom stereocenters. The Bertz CT molecular complexity index is 1990. The summed E-state index contributed by atoms with van der Waals surface area (Å²) in [5.41, 5.74) is 11.1. The predicted octanol–water partition coefficient (Wildman–Crippen LogP) is 1.68. The van der Waals surface area contributed by atoms with E-state index in [-0.39, 0.29) is 37.1 Å². The molecule has 1 aromatic heterocycles. The molecule has 252 valence electrons. The molecule has 15 nitrogen and oxygen atoms in total. The van der Waals surface area contributed by atoms with Gasteiger partial charge >= 0.3 is 0 Å². The van der Waals surface area contributed by atoms with Crippen LogP contribution in [0.25, 0.3) is 10.9 Å². The van der Waals surface area contributed by atoms with Crippen molar-refractivity contribution in [3.8, 4) is 5.75 Å². The number of hydroxylamine groups is 1. The highest BCUT2D eigenvalue weighted by Gasteiger charge is 2.45. The number of fused-ring (bicyclic) bond motifs is 2. The number of hydrogen-bond acceptors (Lipinski definition) is 11. The number of anilines is 1. The fraction of sp³-hybridized carbons (Fsp3) is 0.206. The molecule has 3 heterocycles. The van der Waals surface area contributed by atoms with Crippen LogP contribution in [0.5, 0.6) is 5.75 Å². The molecule has 1 unspecified atom stereocenters. The third-order valence-electron chi connectivity index (χ3n) is 8.31. The van der Waals surface area contributed by atoms with E-state index in [2.05, 4.69) is 10.6 Å². The maximum Gasteiger partial charge on any atom is 0.274 e. The van der Waals surface area contributed by atoms with Gasteiger partial charge in [-0.1, -0.05) is 24.3 Å². The Hall–Kier alpha value is -6.19. The zero-order chi connectivity index (χ0) is 34.7. The molecule has 2 aliphatic heterocycles. The number of carbonyl (C=O) groups excluding carboxylic acids is 5. The van der Waals surface area contributed by atoms with E-state index >= 15 is 0 Å². The molecule has 6 rings (SSSR count). The second-order valence-corrected chi connectivity index (χ2v) is 11.6. The highest BCUT2D eigenvalue weighted by atomic mass is 16.5. The lowest BCUT2D eigenvalue weighted by molar-refractivity contribution is -0.136. The van der Waals surface area contributed by atoms with Crippen LogP contribution >= 0.6 is 0 Å². The first-order chi connectivity index (χ1) is 23.6. The molecule has 15 heteroatoms. The largest absolute Gasteiger partial charge is 0.492 e. The molecular weight excluding hydrogens is 632 g/mol. The summed E-state index contributed by atoms with van der Waals surface area (Å²) < 4.78 is 7.85. The number of ether oxygens (including phenoxy) is 1. The van der Waals surface area contributed by atoms with Gasteiger partial charge in [-0.3, -0.25) is 39.4 Å². The minimum Gasteiger partial charge on any atom is -0.492 e. The van der Waals surface area contributed by atoms with E-state index < -0.39 is 35.6 Å². The van der Waals surface area contributed by atoms with Crippen molar-refractivity contribution in [3.05, 3.63) is 107 Å². The van der Waals surface area contributed by atoms with Crippen LogP contribution in [-0.2, 0) is 16.1 Å². The maximum atomic E-state index is 13.3. The summed E-state index contributed by atoms with van der Waals surface area (Å²) in [6.45, 7) is 1.26. The first-order valence-electron chi connectivity index (χ1n) is 15.4. The minimum absolute atomic E-state index is 0.0360. The molecule has 0 saturated carbocycles. The van der Waals surface area contributed by atoms with E-state index in [1.807, 2.05) is 47.2 Å². The molecular formula is C34H34N8O7. The van der Waals surface area contributed by atoms with Gasteiger partial charge in [-0.05, 0) is 59.8 Å². The molecule has 1 fully saturated rings. The maximum absolute atomic E-state index is 13.3. The summed E-state index contributed by atoms with van der Waals surface area (Å²) in [6.07, 6.45) is 3.57. The Morgan fingerprint density at radius 1 is 1.06 bits per heavy atom.